The number of nitrogens with zero attached hydrogens (tertiary/aromatic N) is 1. The monoisotopic (exact) mass is 212 g/mol. The fraction of sp³-hybridized carbons (Fsp3) is 0.364. The van der Waals surface area contributed by atoms with Crippen LogP contribution in [-0.2, 0) is 0 Å². The largest absolute Gasteiger partial charge is 0.358 e. The van der Waals surface area contributed by atoms with Crippen LogP contribution in [0.5, 0.6) is 0 Å². The van der Waals surface area contributed by atoms with Crippen LogP contribution in [0, 0.1) is 0 Å². The molecule has 78 valence electrons. The predicted octanol–water partition coefficient (Wildman–Crippen LogP) is 4.27. The Kier molecular flexibility index (Phi) is 6.85. The molecular formula is C11H17ClN2. The van der Waals surface area contributed by atoms with E-state index in [9.17, 15) is 0 Å². The molecule has 0 aliphatic rings. The second kappa shape index (κ2) is 7.39. The third-order valence-electron chi connectivity index (χ3n) is 1.43. The second-order valence-corrected chi connectivity index (χ2v) is 2.47. The van der Waals surface area contributed by atoms with Gasteiger partial charge in [0.05, 0.1) is 16.7 Å². The summed E-state index contributed by atoms with van der Waals surface area (Å²) >= 11 is 5.81. The van der Waals surface area contributed by atoms with Crippen LogP contribution in [0.3, 0.4) is 0 Å². The van der Waals surface area contributed by atoms with Gasteiger partial charge in [0.2, 0.25) is 0 Å². The number of aromatic amines is 1. The van der Waals surface area contributed by atoms with E-state index in [1.807, 2.05) is 33.8 Å². The minimum atomic E-state index is 0.748. The van der Waals surface area contributed by atoms with Gasteiger partial charge in [0.25, 0.3) is 0 Å². The van der Waals surface area contributed by atoms with Crippen molar-refractivity contribution in [2.75, 3.05) is 0 Å². The van der Waals surface area contributed by atoms with Crippen LogP contribution < -0.4 is 0 Å². The first kappa shape index (κ1) is 13.0. The second-order valence-electron chi connectivity index (χ2n) is 2.06. The number of rotatable bonds is 0. The highest BCUT2D eigenvalue weighted by Crippen LogP contribution is 2.20. The fourth-order valence-electron chi connectivity index (χ4n) is 0.937. The molecular weight excluding hydrogens is 196 g/mol. The maximum atomic E-state index is 5.81. The lowest BCUT2D eigenvalue weighted by atomic mass is 10.3. The summed E-state index contributed by atoms with van der Waals surface area (Å²) in [5.41, 5.74) is 0.979. The van der Waals surface area contributed by atoms with E-state index in [-0.39, 0.29) is 0 Å². The summed E-state index contributed by atoms with van der Waals surface area (Å²) in [4.78, 5) is 6.93. The summed E-state index contributed by atoms with van der Waals surface area (Å²) in [5, 5.41) is 1.77. The molecule has 3 heteroatoms. The van der Waals surface area contributed by atoms with Crippen molar-refractivity contribution in [2.24, 2.45) is 0 Å². The molecule has 0 amide bonds. The van der Waals surface area contributed by atoms with Gasteiger partial charge in [0.1, 0.15) is 0 Å². The third-order valence-corrected chi connectivity index (χ3v) is 1.75. The van der Waals surface area contributed by atoms with Crippen LogP contribution in [0.25, 0.3) is 10.9 Å². The van der Waals surface area contributed by atoms with Gasteiger partial charge >= 0.3 is 0 Å². The van der Waals surface area contributed by atoms with Crippen molar-refractivity contribution in [3.8, 4) is 0 Å². The molecule has 2 rings (SSSR count). The highest BCUT2D eigenvalue weighted by molar-refractivity contribution is 6.35. The first-order chi connectivity index (χ1) is 6.88. The lowest BCUT2D eigenvalue weighted by molar-refractivity contribution is 1.34. The van der Waals surface area contributed by atoms with Crippen LogP contribution in [-0.4, -0.2) is 9.97 Å². The molecule has 0 fully saturated rings. The van der Waals surface area contributed by atoms with Crippen molar-refractivity contribution in [1.29, 1.82) is 0 Å². The third kappa shape index (κ3) is 3.04. The molecule has 0 aliphatic carbocycles. The van der Waals surface area contributed by atoms with E-state index in [4.69, 9.17) is 11.6 Å². The Morgan fingerprint density at radius 3 is 2.43 bits per heavy atom. The van der Waals surface area contributed by atoms with Gasteiger partial charge in [-0.25, -0.2) is 0 Å². The van der Waals surface area contributed by atoms with E-state index in [0.717, 1.165) is 15.9 Å². The van der Waals surface area contributed by atoms with Gasteiger partial charge < -0.3 is 4.98 Å². The number of aromatic nitrogens is 2. The van der Waals surface area contributed by atoms with Gasteiger partial charge in [-0.1, -0.05) is 39.3 Å². The van der Waals surface area contributed by atoms with Crippen LogP contribution in [0.1, 0.15) is 27.7 Å². The summed E-state index contributed by atoms with van der Waals surface area (Å²) < 4.78 is 0. The van der Waals surface area contributed by atoms with Crippen molar-refractivity contribution >= 4 is 22.5 Å². The first-order valence-electron chi connectivity index (χ1n) is 4.94. The van der Waals surface area contributed by atoms with Gasteiger partial charge in [-0.05, 0) is 6.07 Å². The number of pyridine rings is 1. The number of halogens is 1. The highest BCUT2D eigenvalue weighted by Gasteiger charge is 1.97. The van der Waals surface area contributed by atoms with Crippen molar-refractivity contribution in [3.05, 3.63) is 29.7 Å². The molecule has 0 bridgehead atoms. The molecule has 0 aliphatic heterocycles. The first-order valence-corrected chi connectivity index (χ1v) is 5.32. The molecule has 2 heterocycles. The smallest absolute Gasteiger partial charge is 0.0660 e. The Labute approximate surface area is 90.3 Å². The molecule has 0 spiro atoms. The molecule has 14 heavy (non-hydrogen) atoms. The quantitative estimate of drug-likeness (QED) is 0.694. The Balaban J connectivity index is 0.000000379. The number of hydrogen-bond acceptors (Lipinski definition) is 1. The maximum absolute atomic E-state index is 5.81. The van der Waals surface area contributed by atoms with Crippen molar-refractivity contribution in [1.82, 2.24) is 9.97 Å². The van der Waals surface area contributed by atoms with Crippen molar-refractivity contribution in [3.63, 3.8) is 0 Å². The summed E-state index contributed by atoms with van der Waals surface area (Å²) in [5.74, 6) is 0. The van der Waals surface area contributed by atoms with Gasteiger partial charge in [0, 0.05) is 17.8 Å². The van der Waals surface area contributed by atoms with Gasteiger partial charge in [0.15, 0.2) is 0 Å². The van der Waals surface area contributed by atoms with Crippen molar-refractivity contribution in [2.45, 2.75) is 27.7 Å². The molecule has 0 saturated heterocycles. The Bertz CT molecular complexity index is 355. The van der Waals surface area contributed by atoms with Gasteiger partial charge in [-0.3, -0.25) is 4.98 Å². The average molecular weight is 213 g/mol. The van der Waals surface area contributed by atoms with E-state index in [1.54, 1.807) is 18.6 Å². The summed E-state index contributed by atoms with van der Waals surface area (Å²) in [7, 11) is 0. The molecule has 0 atom stereocenters. The Morgan fingerprint density at radius 1 is 1.21 bits per heavy atom. The molecule has 0 aromatic carbocycles. The summed E-state index contributed by atoms with van der Waals surface area (Å²) in [6.07, 6.45) is 5.23. The topological polar surface area (TPSA) is 28.7 Å². The molecule has 0 radical (unpaired) electrons. The summed E-state index contributed by atoms with van der Waals surface area (Å²) in [6.45, 7) is 8.00. The number of hydrogen-bond donors (Lipinski definition) is 1. The van der Waals surface area contributed by atoms with Crippen LogP contribution in [0.15, 0.2) is 24.7 Å². The molecule has 1 N–H and O–H groups in total. The molecule has 2 nitrogen and oxygen atoms in total. The minimum Gasteiger partial charge on any atom is -0.358 e. The molecule has 2 aromatic heterocycles. The lowest BCUT2D eigenvalue weighted by Gasteiger charge is -1.85. The highest BCUT2D eigenvalue weighted by atomic mass is 35.5. The van der Waals surface area contributed by atoms with Crippen LogP contribution in [0.2, 0.25) is 5.02 Å². The molecule has 0 saturated carbocycles. The summed E-state index contributed by atoms with van der Waals surface area (Å²) in [6, 6.07) is 1.88. The van der Waals surface area contributed by atoms with Gasteiger partial charge in [-0.2, -0.15) is 0 Å². The van der Waals surface area contributed by atoms with Gasteiger partial charge in [-0.15, -0.1) is 0 Å². The zero-order valence-corrected chi connectivity index (χ0v) is 9.89. The van der Waals surface area contributed by atoms with E-state index >= 15 is 0 Å². The van der Waals surface area contributed by atoms with E-state index in [0.29, 0.717) is 0 Å². The standard InChI is InChI=1S/C7H5ClN2.2C2H6/c8-6-3-10-7-4-9-2-1-5(6)7;2*1-2/h1-4,10H;2*1-2H3. The average Bonchev–Trinajstić information content (AvgIpc) is 2.67. The normalized spacial score (nSPS) is 8.36. The number of fused-ring (bicyclic) bond motifs is 1. The number of nitrogens with one attached hydrogen (secondary N) is 1. The van der Waals surface area contributed by atoms with E-state index < -0.39 is 0 Å². The van der Waals surface area contributed by atoms with Crippen molar-refractivity contribution < 1.29 is 0 Å². The van der Waals surface area contributed by atoms with Crippen LogP contribution in [0.4, 0.5) is 0 Å². The molecule has 2 aromatic rings. The maximum Gasteiger partial charge on any atom is 0.0660 e. The minimum absolute atomic E-state index is 0.748. The van der Waals surface area contributed by atoms with E-state index in [1.165, 1.54) is 0 Å². The van der Waals surface area contributed by atoms with Crippen LogP contribution >= 0.6 is 11.6 Å². The predicted molar refractivity (Wildman–Crippen MR) is 63.8 cm³/mol. The molecule has 0 unspecified atom stereocenters. The number of H-pyrrole nitrogens is 1. The zero-order chi connectivity index (χ0) is 11.0. The zero-order valence-electron chi connectivity index (χ0n) is 9.13. The Hall–Kier alpha value is -1.02. The fourth-order valence-corrected chi connectivity index (χ4v) is 1.16. The lowest BCUT2D eigenvalue weighted by Crippen LogP contribution is -1.68. The Morgan fingerprint density at radius 2 is 1.86 bits per heavy atom. The SMILES string of the molecule is CC.CC.Clc1c[nH]c2cnccc12. The van der Waals surface area contributed by atoms with E-state index in [2.05, 4.69) is 9.97 Å².